The van der Waals surface area contributed by atoms with Crippen LogP contribution in [0, 0.1) is 6.92 Å². The summed E-state index contributed by atoms with van der Waals surface area (Å²) in [6, 6.07) is 17.9. The molecule has 1 aromatic heterocycles. The number of carbonyl (C=O) groups is 1. The fourth-order valence-electron chi connectivity index (χ4n) is 2.77. The average Bonchev–Trinajstić information content (AvgIpc) is 3.15. The lowest BCUT2D eigenvalue weighted by Gasteiger charge is -2.17. The van der Waals surface area contributed by atoms with Gasteiger partial charge >= 0.3 is 0 Å². The highest BCUT2D eigenvalue weighted by Gasteiger charge is 2.14. The molecule has 0 aliphatic rings. The number of nitrogens with zero attached hydrogens (tertiary/aromatic N) is 2. The number of aryl methyl sites for hydroxylation is 2. The number of rotatable bonds is 7. The van der Waals surface area contributed by atoms with Crippen LogP contribution in [0.1, 0.15) is 42.8 Å². The number of hydrogen-bond donors (Lipinski definition) is 1. The number of amides is 1. The maximum Gasteiger partial charge on any atom is 0.227 e. The molecule has 5 nitrogen and oxygen atoms in total. The van der Waals surface area contributed by atoms with Crippen LogP contribution in [-0.4, -0.2) is 16.0 Å². The molecule has 0 radical (unpaired) electrons. The second kappa shape index (κ2) is 8.43. The molecule has 3 aromatic rings. The third kappa shape index (κ3) is 4.57. The third-order valence-electron chi connectivity index (χ3n) is 4.29. The normalized spacial score (nSPS) is 11.9. The van der Waals surface area contributed by atoms with E-state index in [2.05, 4.69) is 53.6 Å². The molecule has 134 valence electrons. The van der Waals surface area contributed by atoms with E-state index in [0.29, 0.717) is 24.6 Å². The van der Waals surface area contributed by atoms with E-state index in [1.54, 1.807) is 0 Å². The van der Waals surface area contributed by atoms with Crippen LogP contribution in [0.25, 0.3) is 11.4 Å². The Kier molecular flexibility index (Phi) is 5.79. The molecule has 0 aliphatic heterocycles. The molecule has 0 aliphatic carbocycles. The van der Waals surface area contributed by atoms with E-state index in [9.17, 15) is 4.79 Å². The Labute approximate surface area is 153 Å². The van der Waals surface area contributed by atoms with E-state index >= 15 is 0 Å². The van der Waals surface area contributed by atoms with Crippen molar-refractivity contribution in [3.8, 4) is 11.4 Å². The molecule has 0 spiro atoms. The highest BCUT2D eigenvalue weighted by molar-refractivity contribution is 5.76. The molecule has 1 atom stereocenters. The van der Waals surface area contributed by atoms with Gasteiger partial charge in [0.1, 0.15) is 0 Å². The van der Waals surface area contributed by atoms with Crippen molar-refractivity contribution in [3.05, 3.63) is 71.6 Å². The number of benzene rings is 2. The lowest BCUT2D eigenvalue weighted by molar-refractivity contribution is -0.121. The van der Waals surface area contributed by atoms with Crippen LogP contribution in [0.5, 0.6) is 0 Å². The molecule has 3 rings (SSSR count). The Morgan fingerprint density at radius 1 is 1.12 bits per heavy atom. The van der Waals surface area contributed by atoms with Gasteiger partial charge in [0.2, 0.25) is 17.6 Å². The first kappa shape index (κ1) is 17.9. The molecule has 0 fully saturated rings. The summed E-state index contributed by atoms with van der Waals surface area (Å²) in [5.41, 5.74) is 3.23. The number of nitrogens with one attached hydrogen (secondary N) is 1. The maximum atomic E-state index is 12.3. The van der Waals surface area contributed by atoms with Gasteiger partial charge in [0, 0.05) is 18.4 Å². The number of hydrogen-bond acceptors (Lipinski definition) is 4. The van der Waals surface area contributed by atoms with Crippen molar-refractivity contribution in [3.63, 3.8) is 0 Å². The van der Waals surface area contributed by atoms with E-state index < -0.39 is 0 Å². The zero-order chi connectivity index (χ0) is 18.4. The molecule has 5 heteroatoms. The van der Waals surface area contributed by atoms with Gasteiger partial charge in [-0.05, 0) is 18.9 Å². The van der Waals surface area contributed by atoms with Gasteiger partial charge in [-0.3, -0.25) is 4.79 Å². The summed E-state index contributed by atoms with van der Waals surface area (Å²) in [5.74, 6) is 1.01. The van der Waals surface area contributed by atoms with Gasteiger partial charge in [0.25, 0.3) is 0 Å². The molecular weight excluding hydrogens is 326 g/mol. The molecule has 1 amide bonds. The van der Waals surface area contributed by atoms with Crippen molar-refractivity contribution < 1.29 is 9.32 Å². The van der Waals surface area contributed by atoms with Crippen molar-refractivity contribution in [1.29, 1.82) is 0 Å². The first-order chi connectivity index (χ1) is 12.7. The predicted molar refractivity (Wildman–Crippen MR) is 100 cm³/mol. The van der Waals surface area contributed by atoms with E-state index in [1.807, 2.05) is 30.3 Å². The smallest absolute Gasteiger partial charge is 0.227 e. The van der Waals surface area contributed by atoms with Crippen molar-refractivity contribution in [1.82, 2.24) is 15.5 Å². The molecule has 0 saturated carbocycles. The number of carbonyl (C=O) groups excluding carboxylic acids is 1. The average molecular weight is 349 g/mol. The summed E-state index contributed by atoms with van der Waals surface area (Å²) in [6.45, 7) is 4.12. The van der Waals surface area contributed by atoms with Crippen molar-refractivity contribution in [2.45, 2.75) is 39.2 Å². The standard InChI is InChI=1S/C21H23N3O2/c1-3-18(16-11-9-15(2)10-12-16)22-19(25)13-14-20-23-21(24-26-20)17-7-5-4-6-8-17/h4-12,18H,3,13-14H2,1-2H3,(H,22,25)/t18-/m0/s1. The quantitative estimate of drug-likeness (QED) is 0.692. The van der Waals surface area contributed by atoms with Gasteiger partial charge in [-0.25, -0.2) is 0 Å². The van der Waals surface area contributed by atoms with Crippen LogP contribution in [0.2, 0.25) is 0 Å². The summed E-state index contributed by atoms with van der Waals surface area (Å²) in [5, 5.41) is 7.06. The first-order valence-electron chi connectivity index (χ1n) is 8.89. The summed E-state index contributed by atoms with van der Waals surface area (Å²) >= 11 is 0. The van der Waals surface area contributed by atoms with Gasteiger partial charge in [-0.1, -0.05) is 72.2 Å². The Morgan fingerprint density at radius 2 is 1.85 bits per heavy atom. The fraction of sp³-hybridized carbons (Fsp3) is 0.286. The summed E-state index contributed by atoms with van der Waals surface area (Å²) in [4.78, 5) is 16.7. The van der Waals surface area contributed by atoms with Crippen LogP contribution in [-0.2, 0) is 11.2 Å². The highest BCUT2D eigenvalue weighted by atomic mass is 16.5. The fourth-order valence-corrected chi connectivity index (χ4v) is 2.77. The molecule has 0 bridgehead atoms. The monoisotopic (exact) mass is 349 g/mol. The molecule has 0 saturated heterocycles. The van der Waals surface area contributed by atoms with E-state index in [1.165, 1.54) is 5.56 Å². The Hall–Kier alpha value is -2.95. The molecule has 1 heterocycles. The van der Waals surface area contributed by atoms with Gasteiger partial charge in [-0.15, -0.1) is 0 Å². The van der Waals surface area contributed by atoms with Crippen molar-refractivity contribution in [2.24, 2.45) is 0 Å². The molecule has 1 N–H and O–H groups in total. The second-order valence-electron chi connectivity index (χ2n) is 6.32. The summed E-state index contributed by atoms with van der Waals surface area (Å²) in [7, 11) is 0. The van der Waals surface area contributed by atoms with E-state index in [0.717, 1.165) is 17.5 Å². The Bertz CT molecular complexity index is 841. The lowest BCUT2D eigenvalue weighted by atomic mass is 10.0. The van der Waals surface area contributed by atoms with Crippen LogP contribution < -0.4 is 5.32 Å². The topological polar surface area (TPSA) is 68.0 Å². The largest absolute Gasteiger partial charge is 0.349 e. The molecule has 0 unspecified atom stereocenters. The van der Waals surface area contributed by atoms with E-state index in [4.69, 9.17) is 4.52 Å². The highest BCUT2D eigenvalue weighted by Crippen LogP contribution is 2.18. The SMILES string of the molecule is CC[C@H](NC(=O)CCc1nc(-c2ccccc2)no1)c1ccc(C)cc1. The minimum atomic E-state index is -0.0168. The summed E-state index contributed by atoms with van der Waals surface area (Å²) in [6.07, 6.45) is 1.59. The zero-order valence-electron chi connectivity index (χ0n) is 15.1. The van der Waals surface area contributed by atoms with Gasteiger partial charge in [0.05, 0.1) is 6.04 Å². The van der Waals surface area contributed by atoms with Gasteiger partial charge < -0.3 is 9.84 Å². The van der Waals surface area contributed by atoms with Gasteiger partial charge in [0.15, 0.2) is 0 Å². The maximum absolute atomic E-state index is 12.3. The Morgan fingerprint density at radius 3 is 2.54 bits per heavy atom. The lowest BCUT2D eigenvalue weighted by Crippen LogP contribution is -2.28. The molecule has 26 heavy (non-hydrogen) atoms. The van der Waals surface area contributed by atoms with Crippen LogP contribution in [0.4, 0.5) is 0 Å². The second-order valence-corrected chi connectivity index (χ2v) is 6.32. The van der Waals surface area contributed by atoms with Gasteiger partial charge in [-0.2, -0.15) is 4.98 Å². The predicted octanol–water partition coefficient (Wildman–Crippen LogP) is 4.25. The van der Waals surface area contributed by atoms with Crippen molar-refractivity contribution in [2.75, 3.05) is 0 Å². The van der Waals surface area contributed by atoms with Crippen LogP contribution in [0.3, 0.4) is 0 Å². The zero-order valence-corrected chi connectivity index (χ0v) is 15.1. The van der Waals surface area contributed by atoms with Crippen molar-refractivity contribution >= 4 is 5.91 Å². The van der Waals surface area contributed by atoms with Crippen LogP contribution >= 0.6 is 0 Å². The minimum absolute atomic E-state index is 0.0168. The minimum Gasteiger partial charge on any atom is -0.349 e. The molecular formula is C21H23N3O2. The summed E-state index contributed by atoms with van der Waals surface area (Å²) < 4.78 is 5.26. The third-order valence-corrected chi connectivity index (χ3v) is 4.29. The van der Waals surface area contributed by atoms with E-state index in [-0.39, 0.29) is 11.9 Å². The number of aromatic nitrogens is 2. The van der Waals surface area contributed by atoms with Crippen LogP contribution in [0.15, 0.2) is 59.1 Å². The Balaban J connectivity index is 1.55. The molecule has 2 aromatic carbocycles. The first-order valence-corrected chi connectivity index (χ1v) is 8.89.